The number of urea groups is 1. The average Bonchev–Trinajstić information content (AvgIpc) is 2.53. The van der Waals surface area contributed by atoms with Crippen LogP contribution in [0.4, 0.5) is 4.79 Å². The fourth-order valence-corrected chi connectivity index (χ4v) is 1.96. The summed E-state index contributed by atoms with van der Waals surface area (Å²) < 4.78 is 0. The molecule has 1 aliphatic heterocycles. The molecule has 0 aliphatic carbocycles. The third kappa shape index (κ3) is 3.89. The van der Waals surface area contributed by atoms with Crippen molar-refractivity contribution in [3.05, 3.63) is 0 Å². The Balaban J connectivity index is 2.60. The number of carbonyl (C=O) groups is 2. The van der Waals surface area contributed by atoms with Crippen molar-refractivity contribution >= 4 is 12.0 Å². The first-order chi connectivity index (χ1) is 8.06. The van der Waals surface area contributed by atoms with Gasteiger partial charge in [-0.05, 0) is 19.8 Å². The zero-order valence-corrected chi connectivity index (χ0v) is 10.1. The van der Waals surface area contributed by atoms with E-state index in [0.29, 0.717) is 6.54 Å². The summed E-state index contributed by atoms with van der Waals surface area (Å²) in [5.41, 5.74) is 0. The van der Waals surface area contributed by atoms with Gasteiger partial charge in [-0.3, -0.25) is 4.79 Å². The second-order valence-electron chi connectivity index (χ2n) is 4.39. The van der Waals surface area contributed by atoms with Gasteiger partial charge in [-0.1, -0.05) is 12.8 Å². The van der Waals surface area contributed by atoms with Crippen LogP contribution in [0.25, 0.3) is 0 Å². The lowest BCUT2D eigenvalue weighted by atomic mass is 10.1. The number of amides is 2. The van der Waals surface area contributed by atoms with Crippen LogP contribution in [0.2, 0.25) is 0 Å². The molecular formula is C11H20N2O4. The molecule has 6 heteroatoms. The van der Waals surface area contributed by atoms with Gasteiger partial charge in [0.15, 0.2) is 0 Å². The zero-order chi connectivity index (χ0) is 12.8. The third-order valence-electron chi connectivity index (χ3n) is 3.06. The molecule has 6 nitrogen and oxygen atoms in total. The van der Waals surface area contributed by atoms with Crippen molar-refractivity contribution in [1.29, 1.82) is 0 Å². The van der Waals surface area contributed by atoms with Gasteiger partial charge in [-0.25, -0.2) is 4.79 Å². The lowest BCUT2D eigenvalue weighted by Crippen LogP contribution is -2.51. The number of hydrogen-bond acceptors (Lipinski definition) is 3. The van der Waals surface area contributed by atoms with E-state index < -0.39 is 18.0 Å². The number of aliphatic hydroxyl groups is 1. The van der Waals surface area contributed by atoms with Crippen molar-refractivity contribution < 1.29 is 19.8 Å². The predicted molar refractivity (Wildman–Crippen MR) is 61.7 cm³/mol. The predicted octanol–water partition coefficient (Wildman–Crippen LogP) is 0.406. The number of nitrogens with zero attached hydrogens (tertiary/aromatic N) is 1. The topological polar surface area (TPSA) is 89.9 Å². The van der Waals surface area contributed by atoms with Crippen molar-refractivity contribution in [2.45, 2.75) is 44.7 Å². The van der Waals surface area contributed by atoms with Crippen molar-refractivity contribution in [1.82, 2.24) is 10.2 Å². The minimum atomic E-state index is -1.06. The monoisotopic (exact) mass is 244 g/mol. The van der Waals surface area contributed by atoms with Crippen molar-refractivity contribution in [2.24, 2.45) is 0 Å². The Morgan fingerprint density at radius 1 is 1.41 bits per heavy atom. The van der Waals surface area contributed by atoms with Gasteiger partial charge >= 0.3 is 12.0 Å². The van der Waals surface area contributed by atoms with Crippen molar-refractivity contribution in [3.8, 4) is 0 Å². The van der Waals surface area contributed by atoms with E-state index in [2.05, 4.69) is 5.32 Å². The second-order valence-corrected chi connectivity index (χ2v) is 4.39. The first-order valence-corrected chi connectivity index (χ1v) is 5.97. The standard InChI is InChI=1S/C11H20N2O4/c1-8(10(15)16)12-11(17)13-6-4-2-3-5-9(13)7-14/h8-9,14H,2-7H2,1H3,(H,12,17)(H,15,16). The maximum atomic E-state index is 11.9. The molecule has 0 aromatic rings. The molecule has 2 amide bonds. The number of rotatable bonds is 3. The highest BCUT2D eigenvalue weighted by molar-refractivity contribution is 5.82. The normalized spacial score (nSPS) is 22.7. The van der Waals surface area contributed by atoms with Crippen LogP contribution in [0.5, 0.6) is 0 Å². The second kappa shape index (κ2) is 6.44. The Labute approximate surface area is 101 Å². The van der Waals surface area contributed by atoms with Crippen LogP contribution < -0.4 is 5.32 Å². The van der Waals surface area contributed by atoms with Gasteiger partial charge in [-0.15, -0.1) is 0 Å². The smallest absolute Gasteiger partial charge is 0.325 e. The van der Waals surface area contributed by atoms with Gasteiger partial charge in [0.2, 0.25) is 0 Å². The van der Waals surface area contributed by atoms with Crippen LogP contribution in [0.15, 0.2) is 0 Å². The summed E-state index contributed by atoms with van der Waals surface area (Å²) >= 11 is 0. The summed E-state index contributed by atoms with van der Waals surface area (Å²) in [5.74, 6) is -1.06. The van der Waals surface area contributed by atoms with Crippen LogP contribution >= 0.6 is 0 Å². The van der Waals surface area contributed by atoms with Crippen molar-refractivity contribution in [3.63, 3.8) is 0 Å². The molecule has 17 heavy (non-hydrogen) atoms. The highest BCUT2D eigenvalue weighted by Crippen LogP contribution is 2.16. The van der Waals surface area contributed by atoms with Crippen molar-refractivity contribution in [2.75, 3.05) is 13.2 Å². The number of hydrogen-bond donors (Lipinski definition) is 3. The van der Waals surface area contributed by atoms with Crippen LogP contribution in [0.3, 0.4) is 0 Å². The number of carboxylic acid groups (broad SMARTS) is 1. The van der Waals surface area contributed by atoms with E-state index >= 15 is 0 Å². The van der Waals surface area contributed by atoms with Crippen LogP contribution in [0.1, 0.15) is 32.6 Å². The molecule has 0 radical (unpaired) electrons. The Kier molecular flexibility index (Phi) is 5.21. The number of likely N-dealkylation sites (tertiary alicyclic amines) is 1. The molecule has 1 aliphatic rings. The van der Waals surface area contributed by atoms with Crippen LogP contribution in [-0.4, -0.2) is 52.3 Å². The third-order valence-corrected chi connectivity index (χ3v) is 3.06. The summed E-state index contributed by atoms with van der Waals surface area (Å²) in [4.78, 5) is 24.1. The van der Waals surface area contributed by atoms with E-state index in [-0.39, 0.29) is 12.6 Å². The highest BCUT2D eigenvalue weighted by atomic mass is 16.4. The molecule has 0 saturated carbocycles. The molecule has 2 unspecified atom stereocenters. The molecule has 1 heterocycles. The Morgan fingerprint density at radius 2 is 2.12 bits per heavy atom. The summed E-state index contributed by atoms with van der Waals surface area (Å²) in [6.45, 7) is 1.92. The maximum Gasteiger partial charge on any atom is 0.325 e. The number of aliphatic carboxylic acids is 1. The van der Waals surface area contributed by atoms with E-state index in [1.54, 1.807) is 4.90 Å². The van der Waals surface area contributed by atoms with Gasteiger partial charge < -0.3 is 20.4 Å². The molecule has 1 rings (SSSR count). The molecule has 3 N–H and O–H groups in total. The molecule has 98 valence electrons. The molecule has 0 spiro atoms. The van der Waals surface area contributed by atoms with Gasteiger partial charge in [0.1, 0.15) is 6.04 Å². The fraction of sp³-hybridized carbons (Fsp3) is 0.818. The lowest BCUT2D eigenvalue weighted by Gasteiger charge is -2.29. The number of nitrogens with one attached hydrogen (secondary N) is 1. The Hall–Kier alpha value is -1.30. The van der Waals surface area contributed by atoms with Crippen LogP contribution in [0, 0.1) is 0 Å². The zero-order valence-electron chi connectivity index (χ0n) is 10.1. The van der Waals surface area contributed by atoms with Gasteiger partial charge in [0, 0.05) is 6.54 Å². The average molecular weight is 244 g/mol. The van der Waals surface area contributed by atoms with E-state index in [1.807, 2.05) is 0 Å². The van der Waals surface area contributed by atoms with Gasteiger partial charge in [-0.2, -0.15) is 0 Å². The summed E-state index contributed by atoms with van der Waals surface area (Å²) in [6.07, 6.45) is 3.69. The Bertz CT molecular complexity index is 283. The van der Waals surface area contributed by atoms with Crippen LogP contribution in [-0.2, 0) is 4.79 Å². The number of carbonyl (C=O) groups excluding carboxylic acids is 1. The van der Waals surface area contributed by atoms with Gasteiger partial charge in [0.05, 0.1) is 12.6 Å². The lowest BCUT2D eigenvalue weighted by molar-refractivity contribution is -0.138. The minimum absolute atomic E-state index is 0.0745. The summed E-state index contributed by atoms with van der Waals surface area (Å²) in [5, 5.41) is 20.4. The molecule has 1 fully saturated rings. The molecule has 2 atom stereocenters. The van der Waals surface area contributed by atoms with E-state index in [4.69, 9.17) is 5.11 Å². The summed E-state index contributed by atoms with van der Waals surface area (Å²) in [6, 6.07) is -1.51. The first kappa shape index (κ1) is 13.8. The quantitative estimate of drug-likeness (QED) is 0.670. The largest absolute Gasteiger partial charge is 0.480 e. The first-order valence-electron chi connectivity index (χ1n) is 5.97. The fourth-order valence-electron chi connectivity index (χ4n) is 1.96. The van der Waals surface area contributed by atoms with E-state index in [1.165, 1.54) is 6.92 Å². The molecule has 1 saturated heterocycles. The molecule has 0 aromatic heterocycles. The van der Waals surface area contributed by atoms with E-state index in [0.717, 1.165) is 25.7 Å². The number of carboxylic acids is 1. The molecule has 0 bridgehead atoms. The minimum Gasteiger partial charge on any atom is -0.480 e. The van der Waals surface area contributed by atoms with E-state index in [9.17, 15) is 14.7 Å². The van der Waals surface area contributed by atoms with Gasteiger partial charge in [0.25, 0.3) is 0 Å². The maximum absolute atomic E-state index is 11.9. The number of aliphatic hydroxyl groups excluding tert-OH is 1. The SMILES string of the molecule is CC(NC(=O)N1CCCCCC1CO)C(=O)O. The summed E-state index contributed by atoms with van der Waals surface area (Å²) in [7, 11) is 0. The molecule has 0 aromatic carbocycles. The molecular weight excluding hydrogens is 224 g/mol. The highest BCUT2D eigenvalue weighted by Gasteiger charge is 2.26. The Morgan fingerprint density at radius 3 is 2.71 bits per heavy atom.